The second-order valence-corrected chi connectivity index (χ2v) is 6.91. The summed E-state index contributed by atoms with van der Waals surface area (Å²) in [7, 11) is 0. The van der Waals surface area contributed by atoms with Gasteiger partial charge in [-0.25, -0.2) is 0 Å². The fourth-order valence-corrected chi connectivity index (χ4v) is 2.92. The molecule has 1 fully saturated rings. The summed E-state index contributed by atoms with van der Waals surface area (Å²) in [6, 6.07) is -1.23. The molecular weight excluding hydrogens is 388 g/mol. The van der Waals surface area contributed by atoms with Crippen molar-refractivity contribution in [1.29, 1.82) is 0 Å². The summed E-state index contributed by atoms with van der Waals surface area (Å²) in [6.07, 6.45) is 8.60. The van der Waals surface area contributed by atoms with Crippen LogP contribution in [0.3, 0.4) is 0 Å². The van der Waals surface area contributed by atoms with Crippen LogP contribution >= 0.6 is 0 Å². The van der Waals surface area contributed by atoms with E-state index in [0.717, 1.165) is 0 Å². The van der Waals surface area contributed by atoms with Gasteiger partial charge in [-0.1, -0.05) is 18.7 Å². The van der Waals surface area contributed by atoms with E-state index in [1.54, 1.807) is 24.3 Å². The van der Waals surface area contributed by atoms with Crippen molar-refractivity contribution < 1.29 is 19.2 Å². The van der Waals surface area contributed by atoms with Gasteiger partial charge in [0, 0.05) is 35.6 Å². The molecule has 1 aliphatic carbocycles. The molecule has 10 heteroatoms. The molecule has 2 aliphatic rings. The molecule has 4 amide bonds. The largest absolute Gasteiger partial charge is 0.399 e. The fraction of sp³-hybridized carbons (Fsp3) is 0.300. The van der Waals surface area contributed by atoms with Crippen molar-refractivity contribution in [3.63, 3.8) is 0 Å². The van der Waals surface area contributed by atoms with Crippen LogP contribution in [0.2, 0.25) is 0 Å². The summed E-state index contributed by atoms with van der Waals surface area (Å²) in [5, 5.41) is 5.07. The van der Waals surface area contributed by atoms with Gasteiger partial charge in [0.1, 0.15) is 6.04 Å². The van der Waals surface area contributed by atoms with Crippen LogP contribution in [0, 0.1) is 0 Å². The van der Waals surface area contributed by atoms with E-state index in [-0.39, 0.29) is 23.8 Å². The zero-order valence-corrected chi connectivity index (χ0v) is 16.5. The lowest BCUT2D eigenvalue weighted by molar-refractivity contribution is -0.135. The third-order valence-electron chi connectivity index (χ3n) is 4.48. The van der Waals surface area contributed by atoms with Gasteiger partial charge in [-0.15, -0.1) is 0 Å². The van der Waals surface area contributed by atoms with Crippen LogP contribution in [0.25, 0.3) is 0 Å². The maximum atomic E-state index is 12.8. The Bertz CT molecular complexity index is 884. The average molecular weight is 414 g/mol. The molecule has 0 aromatic heterocycles. The van der Waals surface area contributed by atoms with Gasteiger partial charge in [0.2, 0.25) is 23.6 Å². The molecule has 1 aliphatic heterocycles. The summed E-state index contributed by atoms with van der Waals surface area (Å²) in [4.78, 5) is 49.6. The second kappa shape index (κ2) is 10.1. The maximum absolute atomic E-state index is 12.8. The number of primary amides is 1. The Morgan fingerprint density at radius 2 is 1.90 bits per heavy atom. The standard InChI is InChI=1S/C20H26N6O4/c1-12-14(22)9-13(21)5-2-3-6-15(12)25-20(30)16(10-17(23)27)24-18(28)11-26-8-4-7-19(26)29/h2-3,5-6,9,16H,1,4,7-8,10-11,21-22H2,(H2,23,27)(H,24,28)(H,25,30)/b3-2-,13-5+,14-9?,15-6+/t16-/m0/s1. The van der Waals surface area contributed by atoms with Crippen molar-refractivity contribution in [1.82, 2.24) is 15.5 Å². The molecule has 30 heavy (non-hydrogen) atoms. The van der Waals surface area contributed by atoms with Gasteiger partial charge in [0.25, 0.3) is 0 Å². The number of allylic oxidation sites excluding steroid dienone is 5. The minimum Gasteiger partial charge on any atom is -0.399 e. The third kappa shape index (κ3) is 6.36. The molecule has 160 valence electrons. The first-order valence-electron chi connectivity index (χ1n) is 9.34. The van der Waals surface area contributed by atoms with Crippen molar-refractivity contribution in [3.8, 4) is 0 Å². The topological polar surface area (TPSA) is 174 Å². The van der Waals surface area contributed by atoms with Gasteiger partial charge in [-0.2, -0.15) is 0 Å². The first kappa shape index (κ1) is 22.5. The summed E-state index contributed by atoms with van der Waals surface area (Å²) in [5.74, 6) is -2.14. The number of hydrogen-bond acceptors (Lipinski definition) is 6. The Balaban J connectivity index is 2.11. The normalized spacial score (nSPS) is 22.3. The molecule has 0 aromatic rings. The number of likely N-dealkylation sites (tertiary alicyclic amines) is 1. The number of hydrogen-bond donors (Lipinski definition) is 5. The lowest BCUT2D eigenvalue weighted by atomic mass is 10.1. The zero-order valence-electron chi connectivity index (χ0n) is 16.5. The monoisotopic (exact) mass is 414 g/mol. The number of nitrogens with two attached hydrogens (primary N) is 3. The van der Waals surface area contributed by atoms with Crippen LogP contribution in [0.5, 0.6) is 0 Å². The molecule has 8 N–H and O–H groups in total. The van der Waals surface area contributed by atoms with E-state index in [4.69, 9.17) is 17.2 Å². The highest BCUT2D eigenvalue weighted by atomic mass is 16.2. The van der Waals surface area contributed by atoms with E-state index >= 15 is 0 Å². The SMILES string of the molecule is C=C1C(N)=C\C(N)=C/C=C\C=C/1NC(=O)[C@H](CC(N)=O)NC(=O)CN1CCCC1=O. The van der Waals surface area contributed by atoms with E-state index in [2.05, 4.69) is 17.2 Å². The Morgan fingerprint density at radius 3 is 2.53 bits per heavy atom. The Hall–Kier alpha value is -3.82. The van der Waals surface area contributed by atoms with Gasteiger partial charge in [0.15, 0.2) is 0 Å². The van der Waals surface area contributed by atoms with Gasteiger partial charge in [-0.3, -0.25) is 19.2 Å². The molecule has 0 spiro atoms. The molecular formula is C20H26N6O4. The van der Waals surface area contributed by atoms with Crippen LogP contribution in [0.15, 0.2) is 59.6 Å². The lowest BCUT2D eigenvalue weighted by Crippen LogP contribution is -2.51. The van der Waals surface area contributed by atoms with Crippen molar-refractivity contribution in [2.24, 2.45) is 17.2 Å². The van der Waals surface area contributed by atoms with E-state index in [1.807, 2.05) is 0 Å². The van der Waals surface area contributed by atoms with Crippen molar-refractivity contribution in [2.45, 2.75) is 25.3 Å². The average Bonchev–Trinajstić information content (AvgIpc) is 3.07. The van der Waals surface area contributed by atoms with E-state index in [9.17, 15) is 19.2 Å². The Morgan fingerprint density at radius 1 is 1.20 bits per heavy atom. The molecule has 1 saturated heterocycles. The molecule has 1 heterocycles. The quantitative estimate of drug-likeness (QED) is 0.349. The highest BCUT2D eigenvalue weighted by Gasteiger charge is 2.27. The number of rotatable bonds is 7. The lowest BCUT2D eigenvalue weighted by Gasteiger charge is -2.21. The number of carbonyl (C=O) groups is 4. The minimum absolute atomic E-state index is 0.130. The van der Waals surface area contributed by atoms with Crippen LogP contribution in [-0.2, 0) is 19.2 Å². The van der Waals surface area contributed by atoms with Gasteiger partial charge in [-0.05, 0) is 24.6 Å². The van der Waals surface area contributed by atoms with Crippen LogP contribution in [0.1, 0.15) is 19.3 Å². The summed E-state index contributed by atoms with van der Waals surface area (Å²) >= 11 is 0. The summed E-state index contributed by atoms with van der Waals surface area (Å²) in [5.41, 5.74) is 18.2. The van der Waals surface area contributed by atoms with Crippen molar-refractivity contribution in [2.75, 3.05) is 13.1 Å². The Labute approximate surface area is 174 Å². The third-order valence-corrected chi connectivity index (χ3v) is 4.48. The van der Waals surface area contributed by atoms with Gasteiger partial charge < -0.3 is 32.7 Å². The van der Waals surface area contributed by atoms with E-state index < -0.39 is 30.2 Å². The smallest absolute Gasteiger partial charge is 0.247 e. The van der Waals surface area contributed by atoms with Crippen LogP contribution in [0.4, 0.5) is 0 Å². The molecule has 2 rings (SSSR count). The molecule has 1 atom stereocenters. The maximum Gasteiger partial charge on any atom is 0.247 e. The molecule has 0 unspecified atom stereocenters. The molecule has 0 aromatic carbocycles. The number of amides is 4. The molecule has 0 saturated carbocycles. The molecule has 10 nitrogen and oxygen atoms in total. The van der Waals surface area contributed by atoms with Crippen molar-refractivity contribution >= 4 is 23.6 Å². The minimum atomic E-state index is -1.23. The summed E-state index contributed by atoms with van der Waals surface area (Å²) in [6.45, 7) is 4.13. The van der Waals surface area contributed by atoms with Crippen LogP contribution in [-0.4, -0.2) is 47.7 Å². The summed E-state index contributed by atoms with van der Waals surface area (Å²) < 4.78 is 0. The Kier molecular flexibility index (Phi) is 7.56. The van der Waals surface area contributed by atoms with Crippen LogP contribution < -0.4 is 27.8 Å². The predicted octanol–water partition coefficient (Wildman–Crippen LogP) is -1.22. The highest BCUT2D eigenvalue weighted by molar-refractivity contribution is 5.94. The highest BCUT2D eigenvalue weighted by Crippen LogP contribution is 2.15. The number of carbonyl (C=O) groups excluding carboxylic acids is 4. The first-order chi connectivity index (χ1) is 14.2. The fourth-order valence-electron chi connectivity index (χ4n) is 2.92. The zero-order chi connectivity index (χ0) is 22.3. The van der Waals surface area contributed by atoms with E-state index in [1.165, 1.54) is 11.0 Å². The van der Waals surface area contributed by atoms with Crippen molar-refractivity contribution in [3.05, 3.63) is 59.6 Å². The predicted molar refractivity (Wildman–Crippen MR) is 111 cm³/mol. The first-order valence-corrected chi connectivity index (χ1v) is 9.34. The van der Waals surface area contributed by atoms with E-state index in [0.29, 0.717) is 30.7 Å². The molecule has 0 bridgehead atoms. The number of nitrogens with zero attached hydrogens (tertiary/aromatic N) is 1. The van der Waals surface area contributed by atoms with Gasteiger partial charge in [0.05, 0.1) is 13.0 Å². The number of nitrogens with one attached hydrogen (secondary N) is 2. The van der Waals surface area contributed by atoms with Gasteiger partial charge >= 0.3 is 0 Å². The second-order valence-electron chi connectivity index (χ2n) is 6.91. The molecule has 0 radical (unpaired) electrons.